The first-order valence-electron chi connectivity index (χ1n) is 6.96. The molecule has 0 aromatic carbocycles. The van der Waals surface area contributed by atoms with Crippen LogP contribution < -0.4 is 0 Å². The Labute approximate surface area is 118 Å². The van der Waals surface area contributed by atoms with Crippen LogP contribution in [-0.2, 0) is 12.8 Å². The summed E-state index contributed by atoms with van der Waals surface area (Å²) in [7, 11) is 0. The summed E-state index contributed by atoms with van der Waals surface area (Å²) >= 11 is 1.67. The van der Waals surface area contributed by atoms with Crippen LogP contribution in [0.15, 0.2) is 29.1 Å². The third-order valence-electron chi connectivity index (χ3n) is 3.48. The first-order chi connectivity index (χ1) is 9.22. The Morgan fingerprint density at radius 2 is 2.05 bits per heavy atom. The number of aliphatic hydroxyl groups excluding tert-OH is 1. The van der Waals surface area contributed by atoms with E-state index in [0.717, 1.165) is 18.5 Å². The summed E-state index contributed by atoms with van der Waals surface area (Å²) in [4.78, 5) is 0. The van der Waals surface area contributed by atoms with Gasteiger partial charge in [-0.3, -0.25) is 4.68 Å². The molecule has 2 heterocycles. The van der Waals surface area contributed by atoms with E-state index >= 15 is 0 Å². The summed E-state index contributed by atoms with van der Waals surface area (Å²) in [5.74, 6) is 0. The highest BCUT2D eigenvalue weighted by atomic mass is 32.1. The summed E-state index contributed by atoms with van der Waals surface area (Å²) in [5, 5.41) is 18.8. The van der Waals surface area contributed by atoms with Gasteiger partial charge < -0.3 is 5.11 Å². The second-order valence-electron chi connectivity index (χ2n) is 4.95. The van der Waals surface area contributed by atoms with E-state index in [9.17, 15) is 5.11 Å². The average Bonchev–Trinajstić information content (AvgIpc) is 3.03. The van der Waals surface area contributed by atoms with E-state index in [2.05, 4.69) is 30.4 Å². The molecule has 0 aliphatic carbocycles. The average molecular weight is 278 g/mol. The topological polar surface area (TPSA) is 38.0 Å². The molecule has 2 aromatic rings. The highest BCUT2D eigenvalue weighted by Gasteiger charge is 2.12. The van der Waals surface area contributed by atoms with Crippen molar-refractivity contribution in [3.05, 3.63) is 40.3 Å². The Kier molecular flexibility index (Phi) is 5.16. The molecule has 0 spiro atoms. The fourth-order valence-electron chi connectivity index (χ4n) is 2.35. The smallest absolute Gasteiger partial charge is 0.0650 e. The quantitative estimate of drug-likeness (QED) is 0.842. The van der Waals surface area contributed by atoms with Gasteiger partial charge in [0.2, 0.25) is 0 Å². The lowest BCUT2D eigenvalue weighted by molar-refractivity contribution is 0.174. The maximum absolute atomic E-state index is 10.1. The van der Waals surface area contributed by atoms with Crippen LogP contribution in [0.2, 0.25) is 0 Å². The van der Waals surface area contributed by atoms with Crippen molar-refractivity contribution in [2.24, 2.45) is 0 Å². The monoisotopic (exact) mass is 278 g/mol. The molecule has 19 heavy (non-hydrogen) atoms. The van der Waals surface area contributed by atoms with Gasteiger partial charge >= 0.3 is 0 Å². The Bertz CT molecular complexity index is 474. The molecule has 104 valence electrons. The van der Waals surface area contributed by atoms with Crippen LogP contribution in [0, 0.1) is 0 Å². The van der Waals surface area contributed by atoms with Gasteiger partial charge in [-0.2, -0.15) is 16.4 Å². The van der Waals surface area contributed by atoms with Crippen LogP contribution in [-0.4, -0.2) is 21.0 Å². The maximum atomic E-state index is 10.1. The van der Waals surface area contributed by atoms with Crippen LogP contribution >= 0.6 is 11.3 Å². The standard InChI is InChI=1S/C15H22N2OS/c1-3-14(4-2)17-7-5-13(16-17)10-15(18)9-12-6-8-19-11-12/h5-8,11,14-15,18H,3-4,9-10H2,1-2H3. The normalized spacial score (nSPS) is 13.1. The van der Waals surface area contributed by atoms with E-state index in [0.29, 0.717) is 18.9 Å². The van der Waals surface area contributed by atoms with Crippen LogP contribution in [0.25, 0.3) is 0 Å². The van der Waals surface area contributed by atoms with Crippen LogP contribution in [0.5, 0.6) is 0 Å². The first kappa shape index (κ1) is 14.3. The fourth-order valence-corrected chi connectivity index (χ4v) is 3.03. The molecule has 0 saturated carbocycles. The van der Waals surface area contributed by atoms with Gasteiger partial charge in [0.25, 0.3) is 0 Å². The molecular formula is C15H22N2OS. The predicted octanol–water partition coefficient (Wildman–Crippen LogP) is 3.45. The fraction of sp³-hybridized carbons (Fsp3) is 0.533. The number of aliphatic hydroxyl groups is 1. The Morgan fingerprint density at radius 3 is 2.68 bits per heavy atom. The first-order valence-corrected chi connectivity index (χ1v) is 7.90. The van der Waals surface area contributed by atoms with Gasteiger partial charge in [-0.1, -0.05) is 13.8 Å². The minimum absolute atomic E-state index is 0.348. The van der Waals surface area contributed by atoms with E-state index in [1.54, 1.807) is 11.3 Å². The number of thiophene rings is 1. The molecule has 2 rings (SSSR count). The SMILES string of the molecule is CCC(CC)n1ccc(CC(O)Cc2ccsc2)n1. The van der Waals surface area contributed by atoms with Gasteiger partial charge in [0.05, 0.1) is 17.8 Å². The van der Waals surface area contributed by atoms with Gasteiger partial charge in [-0.05, 0) is 47.7 Å². The maximum Gasteiger partial charge on any atom is 0.0650 e. The number of aromatic nitrogens is 2. The zero-order valence-electron chi connectivity index (χ0n) is 11.6. The molecule has 3 nitrogen and oxygen atoms in total. The Balaban J connectivity index is 1.92. The number of rotatable bonds is 7. The van der Waals surface area contributed by atoms with Crippen molar-refractivity contribution in [2.45, 2.75) is 51.7 Å². The van der Waals surface area contributed by atoms with Crippen molar-refractivity contribution in [2.75, 3.05) is 0 Å². The molecular weight excluding hydrogens is 256 g/mol. The molecule has 0 aliphatic rings. The van der Waals surface area contributed by atoms with Crippen molar-refractivity contribution in [1.82, 2.24) is 9.78 Å². The summed E-state index contributed by atoms with van der Waals surface area (Å²) < 4.78 is 2.03. The van der Waals surface area contributed by atoms with Gasteiger partial charge in [-0.15, -0.1) is 0 Å². The zero-order valence-corrected chi connectivity index (χ0v) is 12.4. The lowest BCUT2D eigenvalue weighted by Crippen LogP contribution is -2.15. The second-order valence-corrected chi connectivity index (χ2v) is 5.73. The lowest BCUT2D eigenvalue weighted by Gasteiger charge is -2.12. The molecule has 0 amide bonds. The minimum Gasteiger partial charge on any atom is -0.392 e. The van der Waals surface area contributed by atoms with Gasteiger partial charge in [-0.25, -0.2) is 0 Å². The molecule has 1 unspecified atom stereocenters. The van der Waals surface area contributed by atoms with E-state index < -0.39 is 0 Å². The highest BCUT2D eigenvalue weighted by molar-refractivity contribution is 7.07. The van der Waals surface area contributed by atoms with Gasteiger partial charge in [0.1, 0.15) is 0 Å². The molecule has 0 saturated heterocycles. The lowest BCUT2D eigenvalue weighted by atomic mass is 10.1. The summed E-state index contributed by atoms with van der Waals surface area (Å²) in [6.45, 7) is 4.36. The summed E-state index contributed by atoms with van der Waals surface area (Å²) in [6, 6.07) is 4.56. The molecule has 0 radical (unpaired) electrons. The van der Waals surface area contributed by atoms with Crippen LogP contribution in [0.3, 0.4) is 0 Å². The Morgan fingerprint density at radius 1 is 1.26 bits per heavy atom. The molecule has 4 heteroatoms. The molecule has 0 fully saturated rings. The van der Waals surface area contributed by atoms with Crippen molar-refractivity contribution >= 4 is 11.3 Å². The number of hydrogen-bond acceptors (Lipinski definition) is 3. The van der Waals surface area contributed by atoms with E-state index in [4.69, 9.17) is 0 Å². The zero-order chi connectivity index (χ0) is 13.7. The molecule has 2 aromatic heterocycles. The Hall–Kier alpha value is -1.13. The van der Waals surface area contributed by atoms with E-state index in [-0.39, 0.29) is 6.10 Å². The van der Waals surface area contributed by atoms with Crippen molar-refractivity contribution in [3.8, 4) is 0 Å². The number of nitrogens with zero attached hydrogens (tertiary/aromatic N) is 2. The predicted molar refractivity (Wildman–Crippen MR) is 79.6 cm³/mol. The van der Waals surface area contributed by atoms with E-state index in [1.165, 1.54) is 5.56 Å². The summed E-state index contributed by atoms with van der Waals surface area (Å²) in [6.07, 6.45) is 5.21. The second kappa shape index (κ2) is 6.87. The number of hydrogen-bond donors (Lipinski definition) is 1. The minimum atomic E-state index is -0.348. The molecule has 0 bridgehead atoms. The van der Waals surface area contributed by atoms with E-state index in [1.807, 2.05) is 22.3 Å². The molecule has 1 atom stereocenters. The van der Waals surface area contributed by atoms with Crippen LogP contribution in [0.4, 0.5) is 0 Å². The van der Waals surface area contributed by atoms with Crippen molar-refractivity contribution < 1.29 is 5.11 Å². The molecule has 1 N–H and O–H groups in total. The van der Waals surface area contributed by atoms with Gasteiger partial charge in [0.15, 0.2) is 0 Å². The van der Waals surface area contributed by atoms with Crippen molar-refractivity contribution in [1.29, 1.82) is 0 Å². The van der Waals surface area contributed by atoms with Gasteiger partial charge in [0, 0.05) is 12.6 Å². The largest absolute Gasteiger partial charge is 0.392 e. The third-order valence-corrected chi connectivity index (χ3v) is 4.21. The summed E-state index contributed by atoms with van der Waals surface area (Å²) in [5.41, 5.74) is 2.19. The van der Waals surface area contributed by atoms with Crippen molar-refractivity contribution in [3.63, 3.8) is 0 Å². The van der Waals surface area contributed by atoms with Crippen LogP contribution in [0.1, 0.15) is 44.0 Å². The highest BCUT2D eigenvalue weighted by Crippen LogP contribution is 2.16. The third kappa shape index (κ3) is 3.91. The molecule has 0 aliphatic heterocycles.